The zero-order valence-corrected chi connectivity index (χ0v) is 12.2. The Labute approximate surface area is 115 Å². The number of rotatable bonds is 4. The molecule has 102 valence electrons. The lowest BCUT2D eigenvalue weighted by atomic mass is 10.3. The molecule has 2 aromatic rings. The maximum Gasteiger partial charge on any atom is 0.357 e. The van der Waals surface area contributed by atoms with Crippen molar-refractivity contribution in [3.63, 3.8) is 0 Å². The molecule has 0 aliphatic carbocycles. The summed E-state index contributed by atoms with van der Waals surface area (Å²) in [6.07, 6.45) is 2.73. The molecule has 0 aliphatic heterocycles. The summed E-state index contributed by atoms with van der Waals surface area (Å²) in [5.74, 6) is -0.413. The normalized spacial score (nSPS) is 10.5. The van der Waals surface area contributed by atoms with Gasteiger partial charge in [-0.15, -0.1) is 11.3 Å². The maximum absolute atomic E-state index is 11.5. The SMILES string of the molecule is CCc1nn(C)cc1Nc1nc(C(=O)OC)c(C)s1. The quantitative estimate of drug-likeness (QED) is 0.870. The molecule has 2 aromatic heterocycles. The number of carbonyl (C=O) groups excluding carboxylic acids is 1. The highest BCUT2D eigenvalue weighted by Gasteiger charge is 2.16. The van der Waals surface area contributed by atoms with Crippen molar-refractivity contribution in [3.05, 3.63) is 22.5 Å². The van der Waals surface area contributed by atoms with Crippen molar-refractivity contribution in [1.82, 2.24) is 14.8 Å². The van der Waals surface area contributed by atoms with Crippen LogP contribution in [0, 0.1) is 6.92 Å². The largest absolute Gasteiger partial charge is 0.464 e. The standard InChI is InChI=1S/C12H16N4O2S/c1-5-8-9(6-16(3)15-8)13-12-14-10(7(2)19-12)11(17)18-4/h6H,5H2,1-4H3,(H,13,14). The fourth-order valence-electron chi connectivity index (χ4n) is 1.75. The monoisotopic (exact) mass is 280 g/mol. The number of hydrogen-bond acceptors (Lipinski definition) is 6. The molecule has 0 amide bonds. The molecular weight excluding hydrogens is 264 g/mol. The lowest BCUT2D eigenvalue weighted by Gasteiger charge is -2.00. The highest BCUT2D eigenvalue weighted by atomic mass is 32.1. The molecule has 0 atom stereocenters. The van der Waals surface area contributed by atoms with Crippen molar-refractivity contribution in [2.24, 2.45) is 7.05 Å². The van der Waals surface area contributed by atoms with Gasteiger partial charge in [0.15, 0.2) is 10.8 Å². The molecule has 0 radical (unpaired) electrons. The van der Waals surface area contributed by atoms with Crippen LogP contribution in [0.3, 0.4) is 0 Å². The van der Waals surface area contributed by atoms with Crippen molar-refractivity contribution in [1.29, 1.82) is 0 Å². The van der Waals surface area contributed by atoms with Crippen LogP contribution in [-0.4, -0.2) is 27.8 Å². The van der Waals surface area contributed by atoms with E-state index in [1.54, 1.807) is 4.68 Å². The molecule has 0 aromatic carbocycles. The van der Waals surface area contributed by atoms with E-state index in [1.165, 1.54) is 18.4 Å². The summed E-state index contributed by atoms with van der Waals surface area (Å²) in [5, 5.41) is 8.21. The average molecular weight is 280 g/mol. The molecule has 2 heterocycles. The molecule has 0 fully saturated rings. The number of methoxy groups -OCH3 is 1. The number of aryl methyl sites for hydroxylation is 3. The van der Waals surface area contributed by atoms with Gasteiger partial charge >= 0.3 is 5.97 Å². The van der Waals surface area contributed by atoms with Crippen LogP contribution < -0.4 is 5.32 Å². The Morgan fingerprint density at radius 2 is 2.32 bits per heavy atom. The van der Waals surface area contributed by atoms with E-state index in [9.17, 15) is 4.79 Å². The Bertz CT molecular complexity index is 603. The highest BCUT2D eigenvalue weighted by molar-refractivity contribution is 7.15. The fourth-order valence-corrected chi connectivity index (χ4v) is 2.56. The van der Waals surface area contributed by atoms with Crippen molar-refractivity contribution in [2.45, 2.75) is 20.3 Å². The third kappa shape index (κ3) is 2.76. The zero-order valence-electron chi connectivity index (χ0n) is 11.4. The summed E-state index contributed by atoms with van der Waals surface area (Å²) in [6, 6.07) is 0. The molecular formula is C12H16N4O2S. The van der Waals surface area contributed by atoms with E-state index in [4.69, 9.17) is 4.74 Å². The second-order valence-electron chi connectivity index (χ2n) is 4.06. The van der Waals surface area contributed by atoms with Gasteiger partial charge in [0.05, 0.1) is 18.5 Å². The number of aromatic nitrogens is 3. The van der Waals surface area contributed by atoms with Gasteiger partial charge in [0, 0.05) is 18.1 Å². The van der Waals surface area contributed by atoms with Crippen molar-refractivity contribution in [3.8, 4) is 0 Å². The van der Waals surface area contributed by atoms with Crippen LogP contribution in [0.4, 0.5) is 10.8 Å². The number of thiazole rings is 1. The minimum atomic E-state index is -0.413. The summed E-state index contributed by atoms with van der Waals surface area (Å²) < 4.78 is 6.44. The summed E-state index contributed by atoms with van der Waals surface area (Å²) in [7, 11) is 3.22. The van der Waals surface area contributed by atoms with Crippen LogP contribution in [0.15, 0.2) is 6.20 Å². The van der Waals surface area contributed by atoms with E-state index < -0.39 is 5.97 Å². The van der Waals surface area contributed by atoms with E-state index in [2.05, 4.69) is 15.4 Å². The Kier molecular flexibility index (Phi) is 3.84. The average Bonchev–Trinajstić information content (AvgIpc) is 2.91. The van der Waals surface area contributed by atoms with Crippen LogP contribution in [0.5, 0.6) is 0 Å². The van der Waals surface area contributed by atoms with E-state index in [0.717, 1.165) is 22.7 Å². The zero-order chi connectivity index (χ0) is 14.0. The number of nitrogens with zero attached hydrogens (tertiary/aromatic N) is 3. The Hall–Kier alpha value is -1.89. The van der Waals surface area contributed by atoms with Gasteiger partial charge in [0.25, 0.3) is 0 Å². The van der Waals surface area contributed by atoms with Gasteiger partial charge < -0.3 is 10.1 Å². The number of carbonyl (C=O) groups is 1. The van der Waals surface area contributed by atoms with Crippen LogP contribution >= 0.6 is 11.3 Å². The van der Waals surface area contributed by atoms with Gasteiger partial charge in [0.2, 0.25) is 0 Å². The molecule has 19 heavy (non-hydrogen) atoms. The Morgan fingerprint density at radius 1 is 1.58 bits per heavy atom. The predicted octanol–water partition coefficient (Wildman–Crippen LogP) is 2.28. The molecule has 1 N–H and O–H groups in total. The van der Waals surface area contributed by atoms with Gasteiger partial charge in [-0.05, 0) is 13.3 Å². The molecule has 0 saturated heterocycles. The van der Waals surface area contributed by atoms with Gasteiger partial charge in [0.1, 0.15) is 0 Å². The second-order valence-corrected chi connectivity index (χ2v) is 5.26. The number of ether oxygens (including phenoxy) is 1. The minimum absolute atomic E-state index is 0.358. The van der Waals surface area contributed by atoms with Crippen LogP contribution in [-0.2, 0) is 18.2 Å². The topological polar surface area (TPSA) is 69.0 Å². The van der Waals surface area contributed by atoms with Gasteiger partial charge in [-0.1, -0.05) is 6.92 Å². The van der Waals surface area contributed by atoms with E-state index >= 15 is 0 Å². The molecule has 0 bridgehead atoms. The molecule has 0 saturated carbocycles. The number of nitrogens with one attached hydrogen (secondary N) is 1. The Balaban J connectivity index is 2.26. The predicted molar refractivity (Wildman–Crippen MR) is 74.1 cm³/mol. The van der Waals surface area contributed by atoms with Gasteiger partial charge in [-0.2, -0.15) is 5.10 Å². The summed E-state index contributed by atoms with van der Waals surface area (Å²) in [6.45, 7) is 3.89. The Morgan fingerprint density at radius 3 is 2.95 bits per heavy atom. The van der Waals surface area contributed by atoms with Crippen LogP contribution in [0.2, 0.25) is 0 Å². The van der Waals surface area contributed by atoms with Crippen molar-refractivity contribution >= 4 is 28.1 Å². The van der Waals surface area contributed by atoms with Crippen LogP contribution in [0.1, 0.15) is 28.0 Å². The summed E-state index contributed by atoms with van der Waals surface area (Å²) in [5.41, 5.74) is 2.24. The van der Waals surface area contributed by atoms with E-state index in [0.29, 0.717) is 10.8 Å². The minimum Gasteiger partial charge on any atom is -0.464 e. The third-order valence-electron chi connectivity index (χ3n) is 2.66. The fraction of sp³-hybridized carbons (Fsp3) is 0.417. The first-order valence-corrected chi connectivity index (χ1v) is 6.72. The number of hydrogen-bond donors (Lipinski definition) is 1. The molecule has 0 unspecified atom stereocenters. The first-order valence-electron chi connectivity index (χ1n) is 5.90. The van der Waals surface area contributed by atoms with Crippen molar-refractivity contribution < 1.29 is 9.53 Å². The molecule has 0 aliphatic rings. The number of anilines is 2. The van der Waals surface area contributed by atoms with E-state index in [-0.39, 0.29) is 0 Å². The first kappa shape index (κ1) is 13.5. The molecule has 7 heteroatoms. The summed E-state index contributed by atoms with van der Waals surface area (Å²) >= 11 is 1.42. The smallest absolute Gasteiger partial charge is 0.357 e. The van der Waals surface area contributed by atoms with Gasteiger partial charge in [-0.3, -0.25) is 4.68 Å². The molecule has 2 rings (SSSR count). The number of esters is 1. The third-order valence-corrected chi connectivity index (χ3v) is 3.54. The molecule has 6 nitrogen and oxygen atoms in total. The summed E-state index contributed by atoms with van der Waals surface area (Å²) in [4.78, 5) is 16.6. The van der Waals surface area contributed by atoms with Gasteiger partial charge in [-0.25, -0.2) is 9.78 Å². The van der Waals surface area contributed by atoms with Crippen LogP contribution in [0.25, 0.3) is 0 Å². The first-order chi connectivity index (χ1) is 9.05. The lowest BCUT2D eigenvalue weighted by Crippen LogP contribution is -2.03. The second kappa shape index (κ2) is 5.40. The molecule has 0 spiro atoms. The maximum atomic E-state index is 11.5. The van der Waals surface area contributed by atoms with Crippen molar-refractivity contribution in [2.75, 3.05) is 12.4 Å². The lowest BCUT2D eigenvalue weighted by molar-refractivity contribution is 0.0594. The highest BCUT2D eigenvalue weighted by Crippen LogP contribution is 2.27. The van der Waals surface area contributed by atoms with E-state index in [1.807, 2.05) is 27.1 Å².